The highest BCUT2D eigenvalue weighted by Crippen LogP contribution is 2.44. The Bertz CT molecular complexity index is 1300. The zero-order chi connectivity index (χ0) is 23.5. The van der Waals surface area contributed by atoms with E-state index < -0.39 is 28.9 Å². The highest BCUT2D eigenvalue weighted by atomic mass is 32.1. The summed E-state index contributed by atoms with van der Waals surface area (Å²) in [6.45, 7) is 2.19. The van der Waals surface area contributed by atoms with Gasteiger partial charge >= 0.3 is 0 Å². The van der Waals surface area contributed by atoms with Gasteiger partial charge in [-0.2, -0.15) is 0 Å². The van der Waals surface area contributed by atoms with Crippen LogP contribution in [0.5, 0.6) is 5.75 Å². The lowest BCUT2D eigenvalue weighted by molar-refractivity contribution is -0.0755. The van der Waals surface area contributed by atoms with Gasteiger partial charge in [0.05, 0.1) is 11.7 Å². The Morgan fingerprint density at radius 1 is 1.21 bits per heavy atom. The van der Waals surface area contributed by atoms with Gasteiger partial charge in [-0.1, -0.05) is 23.5 Å². The Kier molecular flexibility index (Phi) is 4.98. The SMILES string of the molecule is CCN1C(=O)c2c(O)c(=O)c(-c3nnc(Cc4ccc(F)cc4)s3)cn2N(C)C12CC(O)C2. The van der Waals surface area contributed by atoms with E-state index in [1.807, 2.05) is 6.92 Å². The molecule has 5 rings (SSSR count). The number of amides is 1. The van der Waals surface area contributed by atoms with Crippen LogP contribution in [0.4, 0.5) is 4.39 Å². The van der Waals surface area contributed by atoms with Gasteiger partial charge in [0.1, 0.15) is 16.5 Å². The topological polar surface area (TPSA) is 112 Å². The molecule has 33 heavy (non-hydrogen) atoms. The molecule has 3 heterocycles. The summed E-state index contributed by atoms with van der Waals surface area (Å²) >= 11 is 1.19. The molecule has 11 heteroatoms. The molecule has 0 unspecified atom stereocenters. The first-order chi connectivity index (χ1) is 15.7. The predicted octanol–water partition coefficient (Wildman–Crippen LogP) is 1.70. The van der Waals surface area contributed by atoms with Crippen LogP contribution in [0, 0.1) is 5.82 Å². The third-order valence-corrected chi connectivity index (χ3v) is 7.40. The first kappa shape index (κ1) is 21.5. The quantitative estimate of drug-likeness (QED) is 0.596. The molecule has 0 bridgehead atoms. The van der Waals surface area contributed by atoms with Gasteiger partial charge in [-0.25, -0.2) is 4.39 Å². The lowest BCUT2D eigenvalue weighted by Gasteiger charge is -2.60. The molecule has 1 amide bonds. The van der Waals surface area contributed by atoms with Crippen molar-refractivity contribution in [2.24, 2.45) is 0 Å². The lowest BCUT2D eigenvalue weighted by Crippen LogP contribution is -2.75. The molecule has 1 aromatic carbocycles. The number of carbonyl (C=O) groups is 1. The Hall–Kier alpha value is -3.31. The third kappa shape index (κ3) is 3.22. The number of aliphatic hydroxyl groups excluding tert-OH is 1. The van der Waals surface area contributed by atoms with Crippen molar-refractivity contribution in [2.75, 3.05) is 18.6 Å². The van der Waals surface area contributed by atoms with Crippen LogP contribution in [0.15, 0.2) is 35.3 Å². The summed E-state index contributed by atoms with van der Waals surface area (Å²) in [6.07, 6.45) is 2.12. The third-order valence-electron chi connectivity index (χ3n) is 6.45. The van der Waals surface area contributed by atoms with E-state index in [0.29, 0.717) is 35.8 Å². The molecule has 2 N–H and O–H groups in total. The molecule has 1 aliphatic heterocycles. The molecule has 3 aromatic rings. The summed E-state index contributed by atoms with van der Waals surface area (Å²) in [4.78, 5) is 27.8. The van der Waals surface area contributed by atoms with Gasteiger partial charge in [0.25, 0.3) is 5.91 Å². The monoisotopic (exact) mass is 471 g/mol. The second kappa shape index (κ2) is 7.63. The molecule has 1 fully saturated rings. The highest BCUT2D eigenvalue weighted by Gasteiger charge is 2.56. The molecule has 0 radical (unpaired) electrons. The van der Waals surface area contributed by atoms with Crippen molar-refractivity contribution in [3.63, 3.8) is 0 Å². The number of hydrogen-bond donors (Lipinski definition) is 2. The number of aromatic nitrogens is 3. The Labute approximate surface area is 192 Å². The van der Waals surface area contributed by atoms with Crippen molar-refractivity contribution in [1.82, 2.24) is 19.8 Å². The highest BCUT2D eigenvalue weighted by molar-refractivity contribution is 7.14. The van der Waals surface area contributed by atoms with Gasteiger partial charge in [0.2, 0.25) is 5.43 Å². The Morgan fingerprint density at radius 2 is 1.91 bits per heavy atom. The summed E-state index contributed by atoms with van der Waals surface area (Å²) in [5.41, 5.74) is -0.575. The summed E-state index contributed by atoms with van der Waals surface area (Å²) in [5, 5.41) is 31.7. The van der Waals surface area contributed by atoms with Crippen LogP contribution < -0.4 is 10.4 Å². The number of hydrogen-bond acceptors (Lipinski definition) is 8. The van der Waals surface area contributed by atoms with Crippen molar-refractivity contribution >= 4 is 17.2 Å². The lowest BCUT2D eigenvalue weighted by atomic mass is 9.79. The zero-order valence-corrected chi connectivity index (χ0v) is 18.8. The number of pyridine rings is 1. The van der Waals surface area contributed by atoms with Crippen molar-refractivity contribution < 1.29 is 19.4 Å². The summed E-state index contributed by atoms with van der Waals surface area (Å²) in [6, 6.07) is 6.04. The molecular weight excluding hydrogens is 449 g/mol. The average molecular weight is 472 g/mol. The molecule has 1 saturated carbocycles. The van der Waals surface area contributed by atoms with E-state index in [0.717, 1.165) is 5.56 Å². The van der Waals surface area contributed by atoms with E-state index in [-0.39, 0.29) is 17.1 Å². The van der Waals surface area contributed by atoms with Gasteiger partial charge in [-0.15, -0.1) is 10.2 Å². The molecule has 2 aromatic heterocycles. The van der Waals surface area contributed by atoms with Gasteiger partial charge < -0.3 is 15.1 Å². The maximum atomic E-state index is 13.2. The van der Waals surface area contributed by atoms with Crippen molar-refractivity contribution in [2.45, 2.75) is 38.0 Å². The fourth-order valence-corrected chi connectivity index (χ4v) is 5.58. The first-order valence-corrected chi connectivity index (χ1v) is 11.4. The largest absolute Gasteiger partial charge is 0.502 e. The molecule has 1 aliphatic carbocycles. The summed E-state index contributed by atoms with van der Waals surface area (Å²) < 4.78 is 14.6. The van der Waals surface area contributed by atoms with Crippen molar-refractivity contribution in [3.8, 4) is 16.3 Å². The summed E-state index contributed by atoms with van der Waals surface area (Å²) in [7, 11) is 1.76. The van der Waals surface area contributed by atoms with Gasteiger partial charge in [-0.3, -0.25) is 19.3 Å². The van der Waals surface area contributed by atoms with Crippen LogP contribution in [0.3, 0.4) is 0 Å². The first-order valence-electron chi connectivity index (χ1n) is 10.5. The minimum Gasteiger partial charge on any atom is -0.502 e. The number of benzene rings is 1. The van der Waals surface area contributed by atoms with Crippen LogP contribution in [-0.4, -0.2) is 61.3 Å². The molecule has 172 valence electrons. The number of nitrogens with zero attached hydrogens (tertiary/aromatic N) is 5. The summed E-state index contributed by atoms with van der Waals surface area (Å²) in [5.74, 6) is -1.43. The van der Waals surface area contributed by atoms with Crippen LogP contribution >= 0.6 is 11.3 Å². The van der Waals surface area contributed by atoms with Crippen LogP contribution in [0.25, 0.3) is 10.6 Å². The van der Waals surface area contributed by atoms with E-state index >= 15 is 0 Å². The number of carbonyl (C=O) groups excluding carboxylic acids is 1. The van der Waals surface area contributed by atoms with Crippen molar-refractivity contribution in [3.05, 3.63) is 62.8 Å². The normalized spacial score (nSPS) is 21.9. The average Bonchev–Trinajstić information content (AvgIpc) is 3.22. The number of fused-ring (bicyclic) bond motifs is 1. The molecule has 0 atom stereocenters. The number of halogens is 1. The van der Waals surface area contributed by atoms with E-state index in [9.17, 15) is 24.2 Å². The van der Waals surface area contributed by atoms with E-state index in [1.54, 1.807) is 29.1 Å². The second-order valence-electron chi connectivity index (χ2n) is 8.34. The number of aliphatic hydroxyl groups is 1. The Balaban J connectivity index is 1.55. The molecule has 2 aliphatic rings. The smallest absolute Gasteiger partial charge is 0.278 e. The fourth-order valence-electron chi connectivity index (χ4n) is 4.70. The molecular formula is C22H22FN5O4S. The van der Waals surface area contributed by atoms with Crippen LogP contribution in [-0.2, 0) is 6.42 Å². The second-order valence-corrected chi connectivity index (χ2v) is 9.40. The van der Waals surface area contributed by atoms with E-state index in [2.05, 4.69) is 10.2 Å². The minimum atomic E-state index is -0.730. The maximum absolute atomic E-state index is 13.2. The van der Waals surface area contributed by atoms with Crippen LogP contribution in [0.1, 0.15) is 40.8 Å². The molecule has 9 nitrogen and oxygen atoms in total. The van der Waals surface area contributed by atoms with Crippen LogP contribution in [0.2, 0.25) is 0 Å². The molecule has 0 saturated heterocycles. The van der Waals surface area contributed by atoms with Gasteiger partial charge in [0, 0.05) is 39.1 Å². The van der Waals surface area contributed by atoms with Gasteiger partial charge in [-0.05, 0) is 24.6 Å². The number of aromatic hydroxyl groups is 1. The Morgan fingerprint density at radius 3 is 2.55 bits per heavy atom. The van der Waals surface area contributed by atoms with Gasteiger partial charge in [0.15, 0.2) is 16.5 Å². The van der Waals surface area contributed by atoms with Crippen molar-refractivity contribution in [1.29, 1.82) is 0 Å². The zero-order valence-electron chi connectivity index (χ0n) is 18.0. The van der Waals surface area contributed by atoms with E-state index in [1.165, 1.54) is 34.3 Å². The standard InChI is InChI=1S/C22H22FN5O4S/c1-3-27-21(32)17-19(31)18(30)15(11-28(17)26(2)22(27)9-14(29)10-22)20-25-24-16(33-20)8-12-4-6-13(23)7-5-12/h4-7,11,14,29,31H,3,8-10H2,1-2H3. The molecule has 1 spiro atoms. The fraction of sp³-hybridized carbons (Fsp3) is 0.364. The number of rotatable bonds is 4. The predicted molar refractivity (Wildman–Crippen MR) is 119 cm³/mol. The maximum Gasteiger partial charge on any atom is 0.278 e. The van der Waals surface area contributed by atoms with E-state index in [4.69, 9.17) is 0 Å². The minimum absolute atomic E-state index is 0.115.